The average Bonchev–Trinajstić information content (AvgIpc) is 2.46. The zero-order chi connectivity index (χ0) is 15.0. The van der Waals surface area contributed by atoms with Crippen molar-refractivity contribution < 1.29 is 19.6 Å². The van der Waals surface area contributed by atoms with Crippen LogP contribution in [-0.4, -0.2) is 16.1 Å². The molecule has 0 aromatic heterocycles. The number of nitrogens with zero attached hydrogens (tertiary/aromatic N) is 2. The van der Waals surface area contributed by atoms with Crippen molar-refractivity contribution in [1.29, 1.82) is 0 Å². The summed E-state index contributed by atoms with van der Waals surface area (Å²) in [6.07, 6.45) is -1.31. The van der Waals surface area contributed by atoms with E-state index in [1.165, 1.54) is 35.2 Å². The predicted octanol–water partition coefficient (Wildman–Crippen LogP) is 2.96. The second-order valence-corrected chi connectivity index (χ2v) is 4.44. The van der Waals surface area contributed by atoms with Crippen LogP contribution in [-0.2, 0) is 4.74 Å². The van der Waals surface area contributed by atoms with Crippen LogP contribution in [0.25, 0.3) is 0 Å². The van der Waals surface area contributed by atoms with Gasteiger partial charge in [0, 0.05) is 12.1 Å². The number of nitro benzene ring substituents is 1. The van der Waals surface area contributed by atoms with Gasteiger partial charge in [0.25, 0.3) is 5.69 Å². The lowest BCUT2D eigenvalue weighted by atomic mass is 10.1. The Morgan fingerprint density at radius 2 is 1.81 bits per heavy atom. The molecule has 1 fully saturated rings. The van der Waals surface area contributed by atoms with E-state index in [-0.39, 0.29) is 11.4 Å². The van der Waals surface area contributed by atoms with Gasteiger partial charge >= 0.3 is 6.09 Å². The highest BCUT2D eigenvalue weighted by Gasteiger charge is 2.42. The molecule has 0 aliphatic carbocycles. The Bertz CT molecular complexity index is 714. The van der Waals surface area contributed by atoms with Gasteiger partial charge in [0.1, 0.15) is 5.75 Å². The lowest BCUT2D eigenvalue weighted by Crippen LogP contribution is -2.48. The number of rotatable bonds is 3. The topological polar surface area (TPSA) is 92.9 Å². The van der Waals surface area contributed by atoms with Crippen LogP contribution >= 0.6 is 0 Å². The van der Waals surface area contributed by atoms with Crippen LogP contribution in [0.1, 0.15) is 11.8 Å². The second-order valence-electron chi connectivity index (χ2n) is 4.44. The number of nitro groups is 1. The van der Waals surface area contributed by atoms with Gasteiger partial charge in [-0.05, 0) is 24.3 Å². The van der Waals surface area contributed by atoms with Gasteiger partial charge in [0.15, 0.2) is 0 Å². The third-order valence-corrected chi connectivity index (χ3v) is 3.19. The number of phenols is 1. The van der Waals surface area contributed by atoms with E-state index in [1.54, 1.807) is 18.2 Å². The minimum atomic E-state index is -0.736. The number of hydrogen-bond donors (Lipinski definition) is 1. The molecule has 0 saturated carbocycles. The van der Waals surface area contributed by atoms with Gasteiger partial charge in [-0.3, -0.25) is 10.1 Å². The molecule has 1 atom stereocenters. The standard InChI is InChI=1S/C14H10N2O5/c17-12-4-2-1-3-11(12)13-15(14(18)21-13)9-5-7-10(8-6-9)16(19)20/h1-8,13,17H. The molecule has 0 radical (unpaired) electrons. The number of carbonyl (C=O) groups excluding carboxylic acids is 1. The van der Waals surface area contributed by atoms with Crippen LogP contribution < -0.4 is 4.90 Å². The van der Waals surface area contributed by atoms with E-state index in [4.69, 9.17) is 4.74 Å². The number of aromatic hydroxyl groups is 1. The monoisotopic (exact) mass is 286 g/mol. The largest absolute Gasteiger partial charge is 0.507 e. The summed E-state index contributed by atoms with van der Waals surface area (Å²) < 4.78 is 5.04. The smallest absolute Gasteiger partial charge is 0.419 e. The number of amides is 1. The maximum atomic E-state index is 11.6. The molecule has 0 spiro atoms. The van der Waals surface area contributed by atoms with Crippen molar-refractivity contribution in [3.8, 4) is 5.75 Å². The Morgan fingerprint density at radius 3 is 2.38 bits per heavy atom. The number of phenolic OH excluding ortho intramolecular Hbond substituents is 1. The number of benzene rings is 2. The Kier molecular flexibility index (Phi) is 2.94. The summed E-state index contributed by atoms with van der Waals surface area (Å²) in [5, 5.41) is 20.4. The summed E-state index contributed by atoms with van der Waals surface area (Å²) in [5.74, 6) is 0.0157. The molecule has 7 heteroatoms. The zero-order valence-corrected chi connectivity index (χ0v) is 10.7. The normalized spacial score (nSPS) is 17.0. The molecule has 0 bridgehead atoms. The predicted molar refractivity (Wildman–Crippen MR) is 72.9 cm³/mol. The van der Waals surface area contributed by atoms with Gasteiger partial charge < -0.3 is 9.84 Å². The minimum Gasteiger partial charge on any atom is -0.507 e. The minimum absolute atomic E-state index is 0.0157. The van der Waals surface area contributed by atoms with Gasteiger partial charge in [0.2, 0.25) is 6.23 Å². The first-order valence-corrected chi connectivity index (χ1v) is 6.10. The molecule has 1 amide bonds. The van der Waals surface area contributed by atoms with Gasteiger partial charge in [-0.2, -0.15) is 0 Å². The van der Waals surface area contributed by atoms with Crippen LogP contribution in [0, 0.1) is 10.1 Å². The lowest BCUT2D eigenvalue weighted by molar-refractivity contribution is -0.384. The summed E-state index contributed by atoms with van der Waals surface area (Å²) in [5.41, 5.74) is 0.854. The molecular weight excluding hydrogens is 276 g/mol. The summed E-state index contributed by atoms with van der Waals surface area (Å²) >= 11 is 0. The Labute approximate surface area is 119 Å². The fourth-order valence-corrected chi connectivity index (χ4v) is 2.13. The van der Waals surface area contributed by atoms with Crippen LogP contribution in [0.2, 0.25) is 0 Å². The molecule has 1 unspecified atom stereocenters. The number of para-hydroxylation sites is 1. The molecule has 2 aromatic carbocycles. The zero-order valence-electron chi connectivity index (χ0n) is 10.7. The molecule has 1 N–H and O–H groups in total. The Hall–Kier alpha value is -3.09. The number of anilines is 1. The maximum absolute atomic E-state index is 11.6. The summed E-state index contributed by atoms with van der Waals surface area (Å²) in [6.45, 7) is 0. The molecule has 1 aliphatic heterocycles. The highest BCUT2D eigenvalue weighted by Crippen LogP contribution is 2.40. The van der Waals surface area contributed by atoms with E-state index < -0.39 is 17.2 Å². The van der Waals surface area contributed by atoms with Gasteiger partial charge in [-0.25, -0.2) is 9.69 Å². The highest BCUT2D eigenvalue weighted by atomic mass is 16.6. The number of ether oxygens (including phenoxy) is 1. The fourth-order valence-electron chi connectivity index (χ4n) is 2.13. The second kappa shape index (κ2) is 4.78. The van der Waals surface area contributed by atoms with Crippen molar-refractivity contribution in [2.75, 3.05) is 4.90 Å². The van der Waals surface area contributed by atoms with E-state index in [0.717, 1.165) is 0 Å². The maximum Gasteiger partial charge on any atom is 0.419 e. The SMILES string of the molecule is O=C1OC(c2ccccc2O)N1c1ccc([N+](=O)[O-])cc1. The molecule has 21 heavy (non-hydrogen) atoms. The van der Waals surface area contributed by atoms with E-state index in [9.17, 15) is 20.0 Å². The van der Waals surface area contributed by atoms with Crippen molar-refractivity contribution >= 4 is 17.5 Å². The molecular formula is C14H10N2O5. The van der Waals surface area contributed by atoms with Crippen molar-refractivity contribution in [3.05, 3.63) is 64.2 Å². The fraction of sp³-hybridized carbons (Fsp3) is 0.0714. The van der Waals surface area contributed by atoms with Gasteiger partial charge in [-0.15, -0.1) is 0 Å². The summed E-state index contributed by atoms with van der Waals surface area (Å²) in [7, 11) is 0. The molecule has 106 valence electrons. The van der Waals surface area contributed by atoms with Gasteiger partial charge in [-0.1, -0.05) is 12.1 Å². The molecule has 1 saturated heterocycles. The van der Waals surface area contributed by atoms with Crippen molar-refractivity contribution in [3.63, 3.8) is 0 Å². The van der Waals surface area contributed by atoms with Crippen molar-refractivity contribution in [2.24, 2.45) is 0 Å². The first-order chi connectivity index (χ1) is 10.1. The molecule has 7 nitrogen and oxygen atoms in total. The highest BCUT2D eigenvalue weighted by molar-refractivity contribution is 5.93. The number of carbonyl (C=O) groups is 1. The van der Waals surface area contributed by atoms with Crippen molar-refractivity contribution in [1.82, 2.24) is 0 Å². The third kappa shape index (κ3) is 2.14. The number of hydrogen-bond acceptors (Lipinski definition) is 5. The summed E-state index contributed by atoms with van der Waals surface area (Å²) in [4.78, 5) is 23.1. The van der Waals surface area contributed by atoms with Crippen LogP contribution in [0.15, 0.2) is 48.5 Å². The van der Waals surface area contributed by atoms with Crippen LogP contribution in [0.5, 0.6) is 5.75 Å². The Balaban J connectivity index is 1.91. The quantitative estimate of drug-likeness (QED) is 0.691. The van der Waals surface area contributed by atoms with Crippen molar-refractivity contribution in [2.45, 2.75) is 6.23 Å². The van der Waals surface area contributed by atoms with E-state index in [0.29, 0.717) is 11.3 Å². The third-order valence-electron chi connectivity index (χ3n) is 3.19. The first-order valence-electron chi connectivity index (χ1n) is 6.10. The van der Waals surface area contributed by atoms with E-state index >= 15 is 0 Å². The van der Waals surface area contributed by atoms with E-state index in [1.807, 2.05) is 0 Å². The first kappa shape index (κ1) is 12.9. The lowest BCUT2D eigenvalue weighted by Gasteiger charge is -2.39. The molecule has 1 heterocycles. The summed E-state index contributed by atoms with van der Waals surface area (Å²) in [6, 6.07) is 12.1. The number of cyclic esters (lactones) is 1. The molecule has 1 aliphatic rings. The molecule has 2 aromatic rings. The average molecular weight is 286 g/mol. The number of non-ortho nitro benzene ring substituents is 1. The van der Waals surface area contributed by atoms with Gasteiger partial charge in [0.05, 0.1) is 16.2 Å². The van der Waals surface area contributed by atoms with E-state index in [2.05, 4.69) is 0 Å². The Morgan fingerprint density at radius 1 is 1.14 bits per heavy atom. The van der Waals surface area contributed by atoms with Crippen LogP contribution in [0.4, 0.5) is 16.2 Å². The molecule has 3 rings (SSSR count). The van der Waals surface area contributed by atoms with Crippen LogP contribution in [0.3, 0.4) is 0 Å².